The summed E-state index contributed by atoms with van der Waals surface area (Å²) >= 11 is 0. The van der Waals surface area contributed by atoms with E-state index in [4.69, 9.17) is 0 Å². The lowest BCUT2D eigenvalue weighted by molar-refractivity contribution is -0.129. The molecule has 0 spiro atoms. The molecule has 1 heterocycles. The Kier molecular flexibility index (Phi) is 3.08. The summed E-state index contributed by atoms with van der Waals surface area (Å²) in [4.78, 5) is 14.9. The Morgan fingerprint density at radius 2 is 1.82 bits per heavy atom. The maximum absolute atomic E-state index is 11.2. The average molecular weight is 236 g/mol. The van der Waals surface area contributed by atoms with Gasteiger partial charge < -0.3 is 20.0 Å². The predicted molar refractivity (Wildman–Crippen MR) is 64.2 cm³/mol. The first-order valence-corrected chi connectivity index (χ1v) is 5.60. The van der Waals surface area contributed by atoms with Crippen LogP contribution in [-0.2, 0) is 4.79 Å². The number of benzene rings is 1. The lowest BCUT2D eigenvalue weighted by Crippen LogP contribution is -2.48. The van der Waals surface area contributed by atoms with Gasteiger partial charge in [0.2, 0.25) is 5.91 Å². The number of aromatic hydroxyl groups is 2. The fraction of sp³-hybridized carbons (Fsp3) is 0.417. The Labute approximate surface area is 99.9 Å². The lowest BCUT2D eigenvalue weighted by atomic mass is 10.2. The van der Waals surface area contributed by atoms with Crippen LogP contribution < -0.4 is 4.90 Å². The molecule has 0 unspecified atom stereocenters. The highest BCUT2D eigenvalue weighted by Gasteiger charge is 2.20. The number of hydrogen-bond donors (Lipinski definition) is 2. The van der Waals surface area contributed by atoms with Crippen molar-refractivity contribution < 1.29 is 15.0 Å². The minimum absolute atomic E-state index is 0.0739. The molecule has 92 valence electrons. The van der Waals surface area contributed by atoms with E-state index in [2.05, 4.69) is 0 Å². The summed E-state index contributed by atoms with van der Waals surface area (Å²) in [5, 5.41) is 19.1. The molecule has 1 aliphatic rings. The molecule has 1 saturated heterocycles. The topological polar surface area (TPSA) is 64.0 Å². The Balaban J connectivity index is 2.10. The standard InChI is InChI=1S/C12H16N2O3/c1-9(15)13-4-6-14(7-5-13)11-8-10(16)2-3-12(11)17/h2-3,8,16-17H,4-7H2,1H3. The zero-order valence-electron chi connectivity index (χ0n) is 9.76. The van der Waals surface area contributed by atoms with Crippen LogP contribution in [0.5, 0.6) is 11.5 Å². The molecule has 0 atom stereocenters. The van der Waals surface area contributed by atoms with Gasteiger partial charge in [0.05, 0.1) is 5.69 Å². The van der Waals surface area contributed by atoms with Crippen molar-refractivity contribution in [1.29, 1.82) is 0 Å². The quantitative estimate of drug-likeness (QED) is 0.707. The van der Waals surface area contributed by atoms with Crippen molar-refractivity contribution in [2.75, 3.05) is 31.1 Å². The van der Waals surface area contributed by atoms with Gasteiger partial charge in [-0.05, 0) is 12.1 Å². The number of phenols is 2. The molecule has 2 N–H and O–H groups in total. The Morgan fingerprint density at radius 1 is 1.18 bits per heavy atom. The molecule has 0 aromatic heterocycles. The number of nitrogens with zero attached hydrogens (tertiary/aromatic N) is 2. The molecular formula is C12H16N2O3. The molecule has 17 heavy (non-hydrogen) atoms. The molecule has 2 rings (SSSR count). The van der Waals surface area contributed by atoms with Crippen LogP contribution in [0.3, 0.4) is 0 Å². The van der Waals surface area contributed by atoms with Crippen LogP contribution in [0.2, 0.25) is 0 Å². The Bertz CT molecular complexity index is 426. The maximum atomic E-state index is 11.2. The van der Waals surface area contributed by atoms with Gasteiger partial charge in [0.15, 0.2) is 0 Å². The molecule has 5 nitrogen and oxygen atoms in total. The van der Waals surface area contributed by atoms with Crippen molar-refractivity contribution in [3.8, 4) is 11.5 Å². The number of piperazine rings is 1. The number of carbonyl (C=O) groups excluding carboxylic acids is 1. The van der Waals surface area contributed by atoms with Crippen molar-refractivity contribution in [3.05, 3.63) is 18.2 Å². The number of rotatable bonds is 1. The first-order valence-electron chi connectivity index (χ1n) is 5.60. The van der Waals surface area contributed by atoms with Crippen LogP contribution in [0.25, 0.3) is 0 Å². The predicted octanol–water partition coefficient (Wildman–Crippen LogP) is 0.766. The second-order valence-electron chi connectivity index (χ2n) is 4.17. The number of carbonyl (C=O) groups is 1. The maximum Gasteiger partial charge on any atom is 0.219 e. The number of anilines is 1. The van der Waals surface area contributed by atoms with Gasteiger partial charge in [-0.1, -0.05) is 0 Å². The van der Waals surface area contributed by atoms with E-state index in [1.54, 1.807) is 17.9 Å². The smallest absolute Gasteiger partial charge is 0.219 e. The third-order valence-corrected chi connectivity index (χ3v) is 3.02. The van der Waals surface area contributed by atoms with Crippen molar-refractivity contribution in [2.24, 2.45) is 0 Å². The highest BCUT2D eigenvalue weighted by atomic mass is 16.3. The largest absolute Gasteiger partial charge is 0.508 e. The molecule has 1 aromatic rings. The summed E-state index contributed by atoms with van der Waals surface area (Å²) in [5.74, 6) is 0.357. The van der Waals surface area contributed by atoms with E-state index < -0.39 is 0 Å². The minimum atomic E-state index is 0.0739. The third-order valence-electron chi connectivity index (χ3n) is 3.02. The summed E-state index contributed by atoms with van der Waals surface area (Å²) in [7, 11) is 0. The fourth-order valence-electron chi connectivity index (χ4n) is 2.03. The molecule has 1 amide bonds. The molecule has 1 aliphatic heterocycles. The van der Waals surface area contributed by atoms with E-state index >= 15 is 0 Å². The number of phenolic OH excluding ortho intramolecular Hbond substituents is 2. The van der Waals surface area contributed by atoms with Gasteiger partial charge in [0.1, 0.15) is 11.5 Å². The van der Waals surface area contributed by atoms with Crippen LogP contribution in [0.1, 0.15) is 6.92 Å². The van der Waals surface area contributed by atoms with Crippen molar-refractivity contribution >= 4 is 11.6 Å². The van der Waals surface area contributed by atoms with E-state index in [0.29, 0.717) is 31.9 Å². The molecular weight excluding hydrogens is 220 g/mol. The summed E-state index contributed by atoms with van der Waals surface area (Å²) in [6.45, 7) is 4.17. The van der Waals surface area contributed by atoms with E-state index in [9.17, 15) is 15.0 Å². The van der Waals surface area contributed by atoms with Gasteiger partial charge >= 0.3 is 0 Å². The number of amides is 1. The van der Waals surface area contributed by atoms with Crippen LogP contribution in [0.15, 0.2) is 18.2 Å². The van der Waals surface area contributed by atoms with Crippen molar-refractivity contribution in [1.82, 2.24) is 4.90 Å². The monoisotopic (exact) mass is 236 g/mol. The van der Waals surface area contributed by atoms with Gasteiger partial charge in [0, 0.05) is 39.2 Å². The summed E-state index contributed by atoms with van der Waals surface area (Å²) in [6, 6.07) is 4.46. The summed E-state index contributed by atoms with van der Waals surface area (Å²) in [6.07, 6.45) is 0. The molecule has 1 fully saturated rings. The van der Waals surface area contributed by atoms with Crippen LogP contribution in [-0.4, -0.2) is 47.2 Å². The van der Waals surface area contributed by atoms with Gasteiger partial charge in [-0.25, -0.2) is 0 Å². The lowest BCUT2D eigenvalue weighted by Gasteiger charge is -2.35. The van der Waals surface area contributed by atoms with Crippen LogP contribution in [0.4, 0.5) is 5.69 Å². The molecule has 0 bridgehead atoms. The average Bonchev–Trinajstić information content (AvgIpc) is 2.32. The van der Waals surface area contributed by atoms with Gasteiger partial charge in [-0.15, -0.1) is 0 Å². The van der Waals surface area contributed by atoms with Crippen molar-refractivity contribution in [2.45, 2.75) is 6.92 Å². The SMILES string of the molecule is CC(=O)N1CCN(c2cc(O)ccc2O)CC1. The van der Waals surface area contributed by atoms with Crippen LogP contribution in [0, 0.1) is 0 Å². The molecule has 0 aliphatic carbocycles. The highest BCUT2D eigenvalue weighted by molar-refractivity contribution is 5.73. The first-order chi connectivity index (χ1) is 8.08. The first kappa shape index (κ1) is 11.6. The van der Waals surface area contributed by atoms with Gasteiger partial charge in [-0.2, -0.15) is 0 Å². The van der Waals surface area contributed by atoms with E-state index in [0.717, 1.165) is 0 Å². The molecule has 0 saturated carbocycles. The minimum Gasteiger partial charge on any atom is -0.508 e. The van der Waals surface area contributed by atoms with Crippen molar-refractivity contribution in [3.63, 3.8) is 0 Å². The summed E-state index contributed by atoms with van der Waals surface area (Å²) < 4.78 is 0. The van der Waals surface area contributed by atoms with Gasteiger partial charge in [0.25, 0.3) is 0 Å². The summed E-state index contributed by atoms with van der Waals surface area (Å²) in [5.41, 5.74) is 0.619. The van der Waals surface area contributed by atoms with E-state index in [1.807, 2.05) is 4.90 Å². The zero-order valence-corrected chi connectivity index (χ0v) is 9.76. The molecule has 1 aromatic carbocycles. The third kappa shape index (κ3) is 2.43. The normalized spacial score (nSPS) is 16.1. The van der Waals surface area contributed by atoms with E-state index in [-0.39, 0.29) is 17.4 Å². The van der Waals surface area contributed by atoms with E-state index in [1.165, 1.54) is 12.1 Å². The number of hydrogen-bond acceptors (Lipinski definition) is 4. The molecule has 5 heteroatoms. The second-order valence-corrected chi connectivity index (χ2v) is 4.17. The molecule has 0 radical (unpaired) electrons. The Morgan fingerprint density at radius 3 is 2.41 bits per heavy atom. The zero-order chi connectivity index (χ0) is 12.4. The fourth-order valence-corrected chi connectivity index (χ4v) is 2.03. The van der Waals surface area contributed by atoms with Gasteiger partial charge in [-0.3, -0.25) is 4.79 Å². The second kappa shape index (κ2) is 4.53. The Hall–Kier alpha value is -1.91. The van der Waals surface area contributed by atoms with Crippen LogP contribution >= 0.6 is 0 Å². The highest BCUT2D eigenvalue weighted by Crippen LogP contribution is 2.31.